The van der Waals surface area contributed by atoms with Gasteiger partial charge in [-0.2, -0.15) is 0 Å². The Bertz CT molecular complexity index is 464. The van der Waals surface area contributed by atoms with E-state index < -0.39 is 5.82 Å². The number of halogens is 2. The number of carbonyl (C=O) groups is 1. The van der Waals surface area contributed by atoms with E-state index >= 15 is 0 Å². The van der Waals surface area contributed by atoms with Gasteiger partial charge in [-0.3, -0.25) is 4.79 Å². The van der Waals surface area contributed by atoms with Gasteiger partial charge in [-0.15, -0.1) is 0 Å². The van der Waals surface area contributed by atoms with Crippen molar-refractivity contribution >= 4 is 17.5 Å². The molecule has 0 bridgehead atoms. The number of carbonyl (C=O) groups excluding carboxylic acids is 1. The van der Waals surface area contributed by atoms with Gasteiger partial charge in [0.25, 0.3) is 0 Å². The smallest absolute Gasteiger partial charge is 0.234 e. The highest BCUT2D eigenvalue weighted by Crippen LogP contribution is 2.19. The molecule has 1 aromatic carbocycles. The fourth-order valence-corrected chi connectivity index (χ4v) is 2.13. The number of nitrogens with one attached hydrogen (secondary N) is 2. The van der Waals surface area contributed by atoms with Crippen molar-refractivity contribution in [3.8, 4) is 0 Å². The third-order valence-electron chi connectivity index (χ3n) is 3.17. The van der Waals surface area contributed by atoms with Crippen LogP contribution in [0, 0.1) is 5.82 Å². The van der Waals surface area contributed by atoms with E-state index in [1.54, 1.807) is 12.1 Å². The van der Waals surface area contributed by atoms with Gasteiger partial charge in [0.15, 0.2) is 0 Å². The first kappa shape index (κ1) is 14.2. The lowest BCUT2D eigenvalue weighted by Crippen LogP contribution is -2.47. The van der Waals surface area contributed by atoms with Crippen LogP contribution >= 0.6 is 11.6 Å². The summed E-state index contributed by atoms with van der Waals surface area (Å²) in [6.45, 7) is 0.278. The zero-order chi connectivity index (χ0) is 13.8. The van der Waals surface area contributed by atoms with Crippen molar-refractivity contribution in [1.29, 1.82) is 0 Å². The minimum Gasteiger partial charge on any atom is -0.393 e. The fourth-order valence-electron chi connectivity index (χ4n) is 1.93. The summed E-state index contributed by atoms with van der Waals surface area (Å²) < 4.78 is 13.5. The van der Waals surface area contributed by atoms with E-state index in [0.717, 1.165) is 0 Å². The first-order valence-electron chi connectivity index (χ1n) is 6.17. The zero-order valence-electron chi connectivity index (χ0n) is 10.3. The van der Waals surface area contributed by atoms with E-state index in [4.69, 9.17) is 16.7 Å². The molecule has 0 radical (unpaired) electrons. The molecule has 1 aliphatic rings. The number of hydrogen-bond donors (Lipinski definition) is 3. The number of aliphatic hydroxyl groups is 1. The summed E-state index contributed by atoms with van der Waals surface area (Å²) in [6, 6.07) is 4.88. The predicted molar refractivity (Wildman–Crippen MR) is 70.3 cm³/mol. The molecule has 1 fully saturated rings. The van der Waals surface area contributed by atoms with Gasteiger partial charge in [-0.25, -0.2) is 4.39 Å². The van der Waals surface area contributed by atoms with Gasteiger partial charge in [0.1, 0.15) is 5.82 Å². The van der Waals surface area contributed by atoms with Crippen LogP contribution in [0.4, 0.5) is 4.39 Å². The molecule has 0 atom stereocenters. The minimum atomic E-state index is -0.500. The largest absolute Gasteiger partial charge is 0.393 e. The Morgan fingerprint density at radius 2 is 2.21 bits per heavy atom. The minimum absolute atomic E-state index is 0.0494. The standard InChI is InChI=1S/C13H16ClFN2O2/c14-11-3-1-2-8(13(11)15)6-17-12(19)7-16-9-4-10(18)5-9/h1-3,9-10,16,18H,4-7H2,(H,17,19). The summed E-state index contributed by atoms with van der Waals surface area (Å²) in [7, 11) is 0. The predicted octanol–water partition coefficient (Wildman–Crippen LogP) is 1.21. The van der Waals surface area contributed by atoms with Gasteiger partial charge in [-0.1, -0.05) is 23.7 Å². The molecular weight excluding hydrogens is 271 g/mol. The summed E-state index contributed by atoms with van der Waals surface area (Å²) in [5, 5.41) is 14.8. The van der Waals surface area contributed by atoms with Crippen LogP contribution in [0.3, 0.4) is 0 Å². The normalized spacial score (nSPS) is 21.8. The third-order valence-corrected chi connectivity index (χ3v) is 3.46. The number of amides is 1. The molecule has 1 aliphatic carbocycles. The van der Waals surface area contributed by atoms with E-state index in [1.165, 1.54) is 6.07 Å². The third kappa shape index (κ3) is 3.89. The lowest BCUT2D eigenvalue weighted by molar-refractivity contribution is -0.120. The molecule has 4 nitrogen and oxygen atoms in total. The molecule has 3 N–H and O–H groups in total. The maximum atomic E-state index is 13.5. The summed E-state index contributed by atoms with van der Waals surface area (Å²) >= 11 is 5.65. The van der Waals surface area contributed by atoms with Crippen LogP contribution in [-0.2, 0) is 11.3 Å². The number of aliphatic hydroxyl groups excluding tert-OH is 1. The van der Waals surface area contributed by atoms with Crippen LogP contribution in [0.15, 0.2) is 18.2 Å². The molecule has 0 unspecified atom stereocenters. The highest BCUT2D eigenvalue weighted by Gasteiger charge is 2.26. The molecule has 1 amide bonds. The number of hydrogen-bond acceptors (Lipinski definition) is 3. The summed E-state index contributed by atoms with van der Waals surface area (Å²) in [5.74, 6) is -0.708. The van der Waals surface area contributed by atoms with Crippen molar-refractivity contribution in [2.45, 2.75) is 31.5 Å². The van der Waals surface area contributed by atoms with E-state index in [1.807, 2.05) is 0 Å². The first-order valence-corrected chi connectivity index (χ1v) is 6.55. The van der Waals surface area contributed by atoms with Gasteiger partial charge in [-0.05, 0) is 18.9 Å². The lowest BCUT2D eigenvalue weighted by Gasteiger charge is -2.31. The second-order valence-corrected chi connectivity index (χ2v) is 5.10. The molecule has 6 heteroatoms. The SMILES string of the molecule is O=C(CNC1CC(O)C1)NCc1cccc(Cl)c1F. The van der Waals surface area contributed by atoms with Crippen LogP contribution in [-0.4, -0.2) is 29.7 Å². The summed E-state index contributed by atoms with van der Waals surface area (Å²) in [4.78, 5) is 11.5. The van der Waals surface area contributed by atoms with Crippen molar-refractivity contribution in [3.63, 3.8) is 0 Å². The summed E-state index contributed by atoms with van der Waals surface area (Å²) in [5.41, 5.74) is 0.361. The van der Waals surface area contributed by atoms with Crippen molar-refractivity contribution in [2.75, 3.05) is 6.54 Å². The van der Waals surface area contributed by atoms with E-state index in [-0.39, 0.29) is 36.2 Å². The van der Waals surface area contributed by atoms with E-state index in [2.05, 4.69) is 10.6 Å². The molecule has 19 heavy (non-hydrogen) atoms. The highest BCUT2D eigenvalue weighted by atomic mass is 35.5. The lowest BCUT2D eigenvalue weighted by atomic mass is 9.89. The van der Waals surface area contributed by atoms with Crippen LogP contribution in [0.1, 0.15) is 18.4 Å². The molecule has 1 saturated carbocycles. The van der Waals surface area contributed by atoms with E-state index in [0.29, 0.717) is 18.4 Å². The second kappa shape index (κ2) is 6.32. The Balaban J connectivity index is 1.72. The van der Waals surface area contributed by atoms with Gasteiger partial charge in [0.2, 0.25) is 5.91 Å². The van der Waals surface area contributed by atoms with Crippen molar-refractivity contribution in [3.05, 3.63) is 34.6 Å². The Labute approximate surface area is 116 Å². The van der Waals surface area contributed by atoms with Gasteiger partial charge >= 0.3 is 0 Å². The molecule has 0 aromatic heterocycles. The Hall–Kier alpha value is -1.17. The van der Waals surface area contributed by atoms with Crippen molar-refractivity contribution in [1.82, 2.24) is 10.6 Å². The molecule has 0 spiro atoms. The van der Waals surface area contributed by atoms with Gasteiger partial charge < -0.3 is 15.7 Å². The highest BCUT2D eigenvalue weighted by molar-refractivity contribution is 6.30. The molecule has 0 heterocycles. The second-order valence-electron chi connectivity index (χ2n) is 4.69. The van der Waals surface area contributed by atoms with Crippen LogP contribution < -0.4 is 10.6 Å². The van der Waals surface area contributed by atoms with Crippen molar-refractivity contribution < 1.29 is 14.3 Å². The molecule has 104 valence electrons. The average Bonchev–Trinajstić information content (AvgIpc) is 2.35. The average molecular weight is 287 g/mol. The molecule has 0 aliphatic heterocycles. The summed E-state index contributed by atoms with van der Waals surface area (Å²) in [6.07, 6.45) is 1.10. The topological polar surface area (TPSA) is 61.4 Å². The Morgan fingerprint density at radius 3 is 2.89 bits per heavy atom. The fraction of sp³-hybridized carbons (Fsp3) is 0.462. The van der Waals surface area contributed by atoms with Crippen molar-refractivity contribution in [2.24, 2.45) is 0 Å². The zero-order valence-corrected chi connectivity index (χ0v) is 11.1. The molecule has 1 aromatic rings. The van der Waals surface area contributed by atoms with Crippen LogP contribution in [0.5, 0.6) is 0 Å². The molecular formula is C13H16ClFN2O2. The maximum Gasteiger partial charge on any atom is 0.234 e. The molecule has 2 rings (SSSR count). The Morgan fingerprint density at radius 1 is 1.47 bits per heavy atom. The maximum absolute atomic E-state index is 13.5. The number of benzene rings is 1. The number of rotatable bonds is 5. The van der Waals surface area contributed by atoms with Crippen LogP contribution in [0.25, 0.3) is 0 Å². The first-order chi connectivity index (χ1) is 9.06. The van der Waals surface area contributed by atoms with E-state index in [9.17, 15) is 9.18 Å². The van der Waals surface area contributed by atoms with Gasteiger partial charge in [0.05, 0.1) is 17.7 Å². The Kier molecular flexibility index (Phi) is 4.74. The monoisotopic (exact) mass is 286 g/mol. The van der Waals surface area contributed by atoms with Gasteiger partial charge in [0, 0.05) is 18.2 Å². The molecule has 0 saturated heterocycles. The quantitative estimate of drug-likeness (QED) is 0.762. The van der Waals surface area contributed by atoms with Crippen LogP contribution in [0.2, 0.25) is 5.02 Å².